The van der Waals surface area contributed by atoms with E-state index in [4.69, 9.17) is 11.6 Å². The zero-order valence-corrected chi connectivity index (χ0v) is 13.1. The summed E-state index contributed by atoms with van der Waals surface area (Å²) in [6.07, 6.45) is 1.61. The van der Waals surface area contributed by atoms with Gasteiger partial charge in [-0.3, -0.25) is 9.36 Å². The van der Waals surface area contributed by atoms with Gasteiger partial charge >= 0.3 is 0 Å². The van der Waals surface area contributed by atoms with Crippen molar-refractivity contribution >= 4 is 29.3 Å². The highest BCUT2D eigenvalue weighted by atomic mass is 35.5. The highest BCUT2D eigenvalue weighted by Crippen LogP contribution is 2.23. The highest BCUT2D eigenvalue weighted by molar-refractivity contribution is 7.99. The second kappa shape index (κ2) is 6.28. The predicted octanol–water partition coefficient (Wildman–Crippen LogP) is 2.41. The van der Waals surface area contributed by atoms with Crippen LogP contribution in [0.25, 0.3) is 5.69 Å². The van der Waals surface area contributed by atoms with Crippen molar-refractivity contribution in [3.63, 3.8) is 0 Å². The van der Waals surface area contributed by atoms with E-state index in [-0.39, 0.29) is 5.91 Å². The molecule has 1 heterocycles. The Bertz CT molecular complexity index is 627. The Morgan fingerprint density at radius 3 is 2.85 bits per heavy atom. The van der Waals surface area contributed by atoms with Gasteiger partial charge in [0.25, 0.3) is 0 Å². The Labute approximate surface area is 126 Å². The third kappa shape index (κ3) is 3.32. The first kappa shape index (κ1) is 14.9. The molecule has 5 nitrogen and oxygen atoms in total. The number of benzene rings is 1. The summed E-state index contributed by atoms with van der Waals surface area (Å²) in [5.41, 5.74) is 1.89. The summed E-state index contributed by atoms with van der Waals surface area (Å²) < 4.78 is 1.82. The van der Waals surface area contributed by atoms with E-state index in [0.29, 0.717) is 15.9 Å². The van der Waals surface area contributed by atoms with Crippen LogP contribution in [-0.2, 0) is 4.79 Å². The number of hydrogen-bond acceptors (Lipinski definition) is 4. The number of thioether (sulfide) groups is 1. The molecule has 0 aliphatic carbocycles. The van der Waals surface area contributed by atoms with Crippen LogP contribution in [0.15, 0.2) is 29.7 Å². The molecule has 106 valence electrons. The molecule has 0 saturated carbocycles. The van der Waals surface area contributed by atoms with Crippen molar-refractivity contribution in [3.8, 4) is 5.69 Å². The van der Waals surface area contributed by atoms with Crippen molar-refractivity contribution in [3.05, 3.63) is 35.1 Å². The summed E-state index contributed by atoms with van der Waals surface area (Å²) in [6.45, 7) is 1.95. The van der Waals surface area contributed by atoms with Crippen LogP contribution in [0.4, 0.5) is 0 Å². The largest absolute Gasteiger partial charge is 0.348 e. The Morgan fingerprint density at radius 2 is 2.20 bits per heavy atom. The summed E-state index contributed by atoms with van der Waals surface area (Å²) in [5, 5.41) is 9.29. The predicted molar refractivity (Wildman–Crippen MR) is 80.5 cm³/mol. The minimum Gasteiger partial charge on any atom is -0.348 e. The number of hydrogen-bond donors (Lipinski definition) is 0. The lowest BCUT2D eigenvalue weighted by atomic mass is 10.2. The number of aromatic nitrogens is 3. The number of halogens is 1. The standard InChI is InChI=1S/C13H15ClN4OS/c1-9-4-5-10(6-11(9)14)18-8-15-16-13(18)20-7-12(19)17(2)3/h4-6,8H,7H2,1-3H3. The number of rotatable bonds is 4. The molecule has 0 radical (unpaired) electrons. The average Bonchev–Trinajstić information content (AvgIpc) is 2.87. The summed E-state index contributed by atoms with van der Waals surface area (Å²) >= 11 is 7.48. The van der Waals surface area contributed by atoms with Gasteiger partial charge in [0.2, 0.25) is 5.91 Å². The zero-order valence-electron chi connectivity index (χ0n) is 11.5. The van der Waals surface area contributed by atoms with Gasteiger partial charge in [-0.1, -0.05) is 29.4 Å². The van der Waals surface area contributed by atoms with Crippen LogP contribution >= 0.6 is 23.4 Å². The molecule has 1 aromatic carbocycles. The van der Waals surface area contributed by atoms with E-state index in [1.807, 2.05) is 29.7 Å². The number of amides is 1. The van der Waals surface area contributed by atoms with Gasteiger partial charge in [-0.25, -0.2) is 0 Å². The van der Waals surface area contributed by atoms with E-state index in [1.54, 1.807) is 25.3 Å². The molecule has 0 bridgehead atoms. The number of aryl methyl sites for hydroxylation is 1. The van der Waals surface area contributed by atoms with E-state index in [2.05, 4.69) is 10.2 Å². The Kier molecular flexibility index (Phi) is 4.67. The number of carbonyl (C=O) groups excluding carboxylic acids is 1. The normalized spacial score (nSPS) is 10.6. The Hall–Kier alpha value is -1.53. The smallest absolute Gasteiger partial charge is 0.232 e. The van der Waals surface area contributed by atoms with E-state index in [9.17, 15) is 4.79 Å². The molecule has 7 heteroatoms. The van der Waals surface area contributed by atoms with Crippen molar-refractivity contribution in [2.45, 2.75) is 12.1 Å². The maximum absolute atomic E-state index is 11.6. The molecule has 2 aromatic rings. The van der Waals surface area contributed by atoms with Crippen molar-refractivity contribution in [2.75, 3.05) is 19.8 Å². The van der Waals surface area contributed by atoms with Gasteiger partial charge < -0.3 is 4.90 Å². The summed E-state index contributed by atoms with van der Waals surface area (Å²) in [6, 6.07) is 5.75. The Morgan fingerprint density at radius 1 is 1.45 bits per heavy atom. The van der Waals surface area contributed by atoms with Gasteiger partial charge in [0.15, 0.2) is 5.16 Å². The van der Waals surface area contributed by atoms with Crippen LogP contribution in [-0.4, -0.2) is 45.4 Å². The van der Waals surface area contributed by atoms with Gasteiger partial charge in [0.05, 0.1) is 11.4 Å². The van der Waals surface area contributed by atoms with Gasteiger partial charge in [-0.15, -0.1) is 10.2 Å². The topological polar surface area (TPSA) is 51.0 Å². The summed E-state index contributed by atoms with van der Waals surface area (Å²) in [5.74, 6) is 0.358. The minimum absolute atomic E-state index is 0.0338. The summed E-state index contributed by atoms with van der Waals surface area (Å²) in [7, 11) is 3.46. The molecule has 20 heavy (non-hydrogen) atoms. The molecule has 0 aliphatic rings. The van der Waals surface area contributed by atoms with Crippen LogP contribution in [0.2, 0.25) is 5.02 Å². The second-order valence-electron chi connectivity index (χ2n) is 4.49. The second-order valence-corrected chi connectivity index (χ2v) is 5.84. The quantitative estimate of drug-likeness (QED) is 0.814. The first-order chi connectivity index (χ1) is 9.49. The van der Waals surface area contributed by atoms with Crippen LogP contribution < -0.4 is 0 Å². The van der Waals surface area contributed by atoms with Gasteiger partial charge in [0.1, 0.15) is 6.33 Å². The lowest BCUT2D eigenvalue weighted by molar-refractivity contribution is -0.125. The minimum atomic E-state index is 0.0338. The van der Waals surface area contributed by atoms with Crippen molar-refractivity contribution in [2.24, 2.45) is 0 Å². The first-order valence-corrected chi connectivity index (χ1v) is 7.35. The van der Waals surface area contributed by atoms with Gasteiger partial charge in [0, 0.05) is 19.1 Å². The van der Waals surface area contributed by atoms with Crippen LogP contribution in [0, 0.1) is 6.92 Å². The van der Waals surface area contributed by atoms with Gasteiger partial charge in [-0.2, -0.15) is 0 Å². The maximum atomic E-state index is 11.6. The molecule has 2 rings (SSSR count). The molecule has 0 unspecified atom stereocenters. The fourth-order valence-electron chi connectivity index (χ4n) is 1.49. The molecule has 1 amide bonds. The lowest BCUT2D eigenvalue weighted by Crippen LogP contribution is -2.23. The van der Waals surface area contributed by atoms with E-state index >= 15 is 0 Å². The number of nitrogens with zero attached hydrogens (tertiary/aromatic N) is 4. The zero-order chi connectivity index (χ0) is 14.7. The van der Waals surface area contributed by atoms with Crippen LogP contribution in [0.1, 0.15) is 5.56 Å². The van der Waals surface area contributed by atoms with Crippen LogP contribution in [0.3, 0.4) is 0 Å². The molecule has 0 aliphatic heterocycles. The average molecular weight is 311 g/mol. The third-order valence-electron chi connectivity index (χ3n) is 2.77. The number of carbonyl (C=O) groups is 1. The molecular weight excluding hydrogens is 296 g/mol. The van der Waals surface area contributed by atoms with Crippen molar-refractivity contribution < 1.29 is 4.79 Å². The van der Waals surface area contributed by atoms with Crippen molar-refractivity contribution in [1.29, 1.82) is 0 Å². The molecule has 0 atom stereocenters. The Balaban J connectivity index is 2.20. The molecular formula is C13H15ClN4OS. The van der Waals surface area contributed by atoms with Gasteiger partial charge in [-0.05, 0) is 24.6 Å². The first-order valence-electron chi connectivity index (χ1n) is 5.98. The summed E-state index contributed by atoms with van der Waals surface area (Å²) in [4.78, 5) is 13.2. The third-order valence-corrected chi connectivity index (χ3v) is 4.11. The van der Waals surface area contributed by atoms with Crippen LogP contribution in [0.5, 0.6) is 0 Å². The molecule has 1 aromatic heterocycles. The van der Waals surface area contributed by atoms with Crippen molar-refractivity contribution in [1.82, 2.24) is 19.7 Å². The van der Waals surface area contributed by atoms with E-state index in [1.165, 1.54) is 11.8 Å². The van der Waals surface area contributed by atoms with E-state index < -0.39 is 0 Å². The lowest BCUT2D eigenvalue weighted by Gasteiger charge is -2.10. The molecule has 0 N–H and O–H groups in total. The van der Waals surface area contributed by atoms with E-state index in [0.717, 1.165) is 11.3 Å². The molecule has 0 spiro atoms. The molecule has 0 fully saturated rings. The molecule has 0 saturated heterocycles. The highest BCUT2D eigenvalue weighted by Gasteiger charge is 2.11. The monoisotopic (exact) mass is 310 g/mol. The SMILES string of the molecule is Cc1ccc(-n2cnnc2SCC(=O)N(C)C)cc1Cl. The fraction of sp³-hybridized carbons (Fsp3) is 0.308. The maximum Gasteiger partial charge on any atom is 0.232 e. The fourth-order valence-corrected chi connectivity index (χ4v) is 2.57.